The van der Waals surface area contributed by atoms with Gasteiger partial charge < -0.3 is 15.7 Å². The van der Waals surface area contributed by atoms with Crippen LogP contribution in [0.4, 0.5) is 5.69 Å². The van der Waals surface area contributed by atoms with Gasteiger partial charge in [-0.2, -0.15) is 0 Å². The Balaban J connectivity index is 2.78. The first kappa shape index (κ1) is 11.0. The standard InChI is InChI=1S/C9H14N2O2S/c1-2-11(4-5-12)9(13)8-7(10)3-6-14-8/h3,6,12H,2,4-5,10H2,1H3. The molecule has 3 N–H and O–H groups in total. The molecule has 4 nitrogen and oxygen atoms in total. The summed E-state index contributed by atoms with van der Waals surface area (Å²) in [5.41, 5.74) is 6.14. The number of thiophene rings is 1. The van der Waals surface area contributed by atoms with E-state index in [4.69, 9.17) is 10.8 Å². The van der Waals surface area contributed by atoms with Gasteiger partial charge in [-0.05, 0) is 18.4 Å². The Morgan fingerprint density at radius 2 is 2.43 bits per heavy atom. The zero-order valence-corrected chi connectivity index (χ0v) is 8.88. The summed E-state index contributed by atoms with van der Waals surface area (Å²) in [4.78, 5) is 13.9. The summed E-state index contributed by atoms with van der Waals surface area (Å²) in [6.45, 7) is 2.78. The van der Waals surface area contributed by atoms with Crippen molar-refractivity contribution in [3.05, 3.63) is 16.3 Å². The number of likely N-dealkylation sites (N-methyl/N-ethyl adjacent to an activating group) is 1. The first-order valence-electron chi connectivity index (χ1n) is 4.43. The van der Waals surface area contributed by atoms with Gasteiger partial charge in [0, 0.05) is 13.1 Å². The van der Waals surface area contributed by atoms with E-state index in [-0.39, 0.29) is 12.5 Å². The zero-order chi connectivity index (χ0) is 10.6. The Morgan fingerprint density at radius 3 is 2.86 bits per heavy atom. The number of amides is 1. The fourth-order valence-corrected chi connectivity index (χ4v) is 1.95. The van der Waals surface area contributed by atoms with Gasteiger partial charge >= 0.3 is 0 Å². The summed E-state index contributed by atoms with van der Waals surface area (Å²) >= 11 is 1.33. The van der Waals surface area contributed by atoms with E-state index in [2.05, 4.69) is 0 Å². The molecule has 78 valence electrons. The first-order valence-corrected chi connectivity index (χ1v) is 5.31. The molecule has 1 rings (SSSR count). The number of nitrogens with zero attached hydrogens (tertiary/aromatic N) is 1. The van der Waals surface area contributed by atoms with Crippen LogP contribution in [0.3, 0.4) is 0 Å². The zero-order valence-electron chi connectivity index (χ0n) is 8.06. The average Bonchev–Trinajstić information content (AvgIpc) is 2.59. The largest absolute Gasteiger partial charge is 0.397 e. The average molecular weight is 214 g/mol. The van der Waals surface area contributed by atoms with E-state index < -0.39 is 0 Å². The number of carbonyl (C=O) groups excluding carboxylic acids is 1. The minimum absolute atomic E-state index is 0.0230. The van der Waals surface area contributed by atoms with Crippen LogP contribution >= 0.6 is 11.3 Å². The third-order valence-corrected chi connectivity index (χ3v) is 2.85. The highest BCUT2D eigenvalue weighted by Gasteiger charge is 2.17. The summed E-state index contributed by atoms with van der Waals surface area (Å²) in [5, 5.41) is 10.5. The maximum absolute atomic E-state index is 11.8. The molecule has 0 saturated carbocycles. The third-order valence-electron chi connectivity index (χ3n) is 1.93. The number of rotatable bonds is 4. The van der Waals surface area contributed by atoms with Gasteiger partial charge in [-0.1, -0.05) is 0 Å². The smallest absolute Gasteiger partial charge is 0.266 e. The van der Waals surface area contributed by atoms with Crippen LogP contribution in [0.1, 0.15) is 16.6 Å². The molecular weight excluding hydrogens is 200 g/mol. The lowest BCUT2D eigenvalue weighted by molar-refractivity contribution is 0.0738. The summed E-state index contributed by atoms with van der Waals surface area (Å²) in [6.07, 6.45) is 0. The van der Waals surface area contributed by atoms with Crippen LogP contribution in [-0.2, 0) is 0 Å². The summed E-state index contributed by atoms with van der Waals surface area (Å²) in [6, 6.07) is 1.71. The monoisotopic (exact) mass is 214 g/mol. The van der Waals surface area contributed by atoms with Gasteiger partial charge in [0.15, 0.2) is 0 Å². The van der Waals surface area contributed by atoms with Crippen LogP contribution in [0.25, 0.3) is 0 Å². The molecule has 14 heavy (non-hydrogen) atoms. The van der Waals surface area contributed by atoms with Crippen molar-refractivity contribution in [2.45, 2.75) is 6.92 Å². The van der Waals surface area contributed by atoms with Crippen LogP contribution in [0.15, 0.2) is 11.4 Å². The Labute approximate surface area is 87.0 Å². The van der Waals surface area contributed by atoms with E-state index in [1.807, 2.05) is 6.92 Å². The molecule has 0 atom stereocenters. The Kier molecular flexibility index (Phi) is 3.91. The van der Waals surface area contributed by atoms with Crippen molar-refractivity contribution in [1.82, 2.24) is 4.90 Å². The van der Waals surface area contributed by atoms with Crippen LogP contribution in [0.2, 0.25) is 0 Å². The number of aliphatic hydroxyl groups is 1. The number of carbonyl (C=O) groups is 1. The molecule has 0 saturated heterocycles. The molecule has 0 fully saturated rings. The van der Waals surface area contributed by atoms with Gasteiger partial charge in [0.1, 0.15) is 4.88 Å². The molecule has 0 spiro atoms. The fraction of sp³-hybridized carbons (Fsp3) is 0.444. The van der Waals surface area contributed by atoms with Crippen molar-refractivity contribution in [3.8, 4) is 0 Å². The van der Waals surface area contributed by atoms with Gasteiger partial charge in [-0.25, -0.2) is 0 Å². The molecule has 0 radical (unpaired) electrons. The highest BCUT2D eigenvalue weighted by molar-refractivity contribution is 7.12. The predicted octanol–water partition coefficient (Wildman–Crippen LogP) is 0.785. The minimum atomic E-state index is -0.103. The highest BCUT2D eigenvalue weighted by atomic mass is 32.1. The fourth-order valence-electron chi connectivity index (χ4n) is 1.16. The molecule has 0 bridgehead atoms. The number of nitrogen functional groups attached to an aromatic ring is 1. The van der Waals surface area contributed by atoms with Crippen molar-refractivity contribution in [1.29, 1.82) is 0 Å². The van der Waals surface area contributed by atoms with Crippen molar-refractivity contribution in [3.63, 3.8) is 0 Å². The molecular formula is C9H14N2O2S. The molecule has 0 aromatic carbocycles. The lowest BCUT2D eigenvalue weighted by Crippen LogP contribution is -2.33. The van der Waals surface area contributed by atoms with Crippen molar-refractivity contribution < 1.29 is 9.90 Å². The molecule has 0 unspecified atom stereocenters. The van der Waals surface area contributed by atoms with Gasteiger partial charge in [0.05, 0.1) is 12.3 Å². The Hall–Kier alpha value is -1.07. The van der Waals surface area contributed by atoms with Crippen molar-refractivity contribution in [2.75, 3.05) is 25.4 Å². The number of nitrogens with two attached hydrogens (primary N) is 1. The Bertz CT molecular complexity index is 312. The SMILES string of the molecule is CCN(CCO)C(=O)c1sccc1N. The van der Waals surface area contributed by atoms with Gasteiger partial charge in [0.2, 0.25) is 0 Å². The van der Waals surface area contributed by atoms with E-state index in [0.717, 1.165) is 0 Å². The van der Waals surface area contributed by atoms with E-state index in [1.165, 1.54) is 11.3 Å². The number of hydrogen-bond donors (Lipinski definition) is 2. The summed E-state index contributed by atoms with van der Waals surface area (Å²) in [5.74, 6) is -0.103. The van der Waals surface area contributed by atoms with Gasteiger partial charge in [-0.3, -0.25) is 4.79 Å². The van der Waals surface area contributed by atoms with Gasteiger partial charge in [-0.15, -0.1) is 11.3 Å². The second-order valence-electron chi connectivity index (χ2n) is 2.81. The van der Waals surface area contributed by atoms with E-state index in [1.54, 1.807) is 16.3 Å². The first-order chi connectivity index (χ1) is 6.70. The lowest BCUT2D eigenvalue weighted by atomic mass is 10.3. The summed E-state index contributed by atoms with van der Waals surface area (Å²) < 4.78 is 0. The van der Waals surface area contributed by atoms with Crippen molar-refractivity contribution in [2.24, 2.45) is 0 Å². The molecule has 1 amide bonds. The predicted molar refractivity (Wildman–Crippen MR) is 57.4 cm³/mol. The topological polar surface area (TPSA) is 66.6 Å². The van der Waals surface area contributed by atoms with Crippen LogP contribution in [0.5, 0.6) is 0 Å². The van der Waals surface area contributed by atoms with Crippen LogP contribution in [0, 0.1) is 0 Å². The van der Waals surface area contributed by atoms with E-state index in [0.29, 0.717) is 23.7 Å². The molecule has 0 aliphatic heterocycles. The second-order valence-corrected chi connectivity index (χ2v) is 3.73. The maximum Gasteiger partial charge on any atom is 0.266 e. The van der Waals surface area contributed by atoms with Gasteiger partial charge in [0.25, 0.3) is 5.91 Å². The number of hydrogen-bond acceptors (Lipinski definition) is 4. The molecule has 0 aliphatic carbocycles. The van der Waals surface area contributed by atoms with Crippen molar-refractivity contribution >= 4 is 22.9 Å². The maximum atomic E-state index is 11.8. The molecule has 1 aromatic rings. The van der Waals surface area contributed by atoms with Crippen LogP contribution in [-0.4, -0.2) is 35.6 Å². The quantitative estimate of drug-likeness (QED) is 0.778. The molecule has 5 heteroatoms. The minimum Gasteiger partial charge on any atom is -0.397 e. The van der Waals surface area contributed by atoms with E-state index in [9.17, 15) is 4.79 Å². The number of anilines is 1. The Morgan fingerprint density at radius 1 is 1.71 bits per heavy atom. The highest BCUT2D eigenvalue weighted by Crippen LogP contribution is 2.20. The molecule has 1 aromatic heterocycles. The lowest BCUT2D eigenvalue weighted by Gasteiger charge is -2.18. The second kappa shape index (κ2) is 4.97. The van der Waals surface area contributed by atoms with Crippen LogP contribution < -0.4 is 5.73 Å². The molecule has 0 aliphatic rings. The normalized spacial score (nSPS) is 10.1. The summed E-state index contributed by atoms with van der Waals surface area (Å²) in [7, 11) is 0. The number of aliphatic hydroxyl groups excluding tert-OH is 1. The molecule has 1 heterocycles. The van der Waals surface area contributed by atoms with E-state index >= 15 is 0 Å². The third kappa shape index (κ3) is 2.24.